The van der Waals surface area contributed by atoms with Crippen LogP contribution < -0.4 is 5.32 Å². The number of hydrogen-bond acceptors (Lipinski definition) is 11. The third kappa shape index (κ3) is 4.45. The highest BCUT2D eigenvalue weighted by molar-refractivity contribution is 8.01. The lowest BCUT2D eigenvalue weighted by atomic mass is 10.0. The second-order valence-corrected chi connectivity index (χ2v) is 9.26. The molecule has 160 valence electrons. The molecule has 0 spiro atoms. The van der Waals surface area contributed by atoms with Crippen LogP contribution in [-0.4, -0.2) is 84.8 Å². The maximum atomic E-state index is 12.6. The molecule has 2 amide bonds. The van der Waals surface area contributed by atoms with Gasteiger partial charge in [0.1, 0.15) is 28.4 Å². The molecule has 1 aromatic rings. The van der Waals surface area contributed by atoms with Gasteiger partial charge in [-0.15, -0.1) is 40.2 Å². The number of ketones is 1. The normalized spacial score (nSPS) is 21.1. The summed E-state index contributed by atoms with van der Waals surface area (Å²) in [6.07, 6.45) is 1.58. The van der Waals surface area contributed by atoms with Crippen LogP contribution in [0.1, 0.15) is 0 Å². The largest absolute Gasteiger partial charge is 0.477 e. The van der Waals surface area contributed by atoms with Crippen molar-refractivity contribution in [1.82, 2.24) is 19.8 Å². The lowest BCUT2D eigenvalue weighted by molar-refractivity contribution is -0.150. The van der Waals surface area contributed by atoms with Crippen LogP contribution in [-0.2, 0) is 24.0 Å². The number of Topliss-reactive ketones (excluding diaryl/α,β-unsaturated/α-hetero) is 1. The molecule has 2 N–H and O–H groups in total. The van der Waals surface area contributed by atoms with E-state index in [0.29, 0.717) is 17.1 Å². The summed E-state index contributed by atoms with van der Waals surface area (Å²) in [7, 11) is 1.16. The second kappa shape index (κ2) is 9.76. The number of rotatable bonds is 9. The quantitative estimate of drug-likeness (QED) is 0.122. The number of hydrogen-bond donors (Lipinski definition) is 2. The predicted molar refractivity (Wildman–Crippen MR) is 110 cm³/mol. The van der Waals surface area contributed by atoms with Gasteiger partial charge in [0.2, 0.25) is 11.5 Å². The van der Waals surface area contributed by atoms with Crippen molar-refractivity contribution >= 4 is 75.9 Å². The van der Waals surface area contributed by atoms with Crippen LogP contribution in [0.5, 0.6) is 0 Å². The molecule has 0 aromatic carbocycles. The van der Waals surface area contributed by atoms with E-state index in [1.54, 1.807) is 6.20 Å². The van der Waals surface area contributed by atoms with Gasteiger partial charge in [-0.2, -0.15) is 0 Å². The number of carbonyl (C=O) groups excluding carboxylic acids is 3. The number of aliphatic carboxylic acids is 1. The van der Waals surface area contributed by atoms with Crippen molar-refractivity contribution < 1.29 is 29.1 Å². The molecule has 15 heteroatoms. The number of aromatic nitrogens is 2. The summed E-state index contributed by atoms with van der Waals surface area (Å²) in [5.41, 5.74) is -0.0788. The third-order valence-corrected chi connectivity index (χ3v) is 7.55. The van der Waals surface area contributed by atoms with Crippen molar-refractivity contribution in [2.24, 2.45) is 5.16 Å². The molecule has 2 aliphatic rings. The van der Waals surface area contributed by atoms with Gasteiger partial charge >= 0.3 is 5.97 Å². The van der Waals surface area contributed by atoms with Gasteiger partial charge in [-0.25, -0.2) is 4.79 Å². The first-order valence-electron chi connectivity index (χ1n) is 8.20. The highest BCUT2D eigenvalue weighted by Crippen LogP contribution is 2.41. The number of alkyl halides is 1. The summed E-state index contributed by atoms with van der Waals surface area (Å²) in [6, 6.07) is -0.998. The lowest BCUT2D eigenvalue weighted by Crippen LogP contribution is -2.71. The Morgan fingerprint density at radius 2 is 2.27 bits per heavy atom. The van der Waals surface area contributed by atoms with Gasteiger partial charge in [0.05, 0.1) is 12.1 Å². The number of oxime groups is 1. The molecular weight excluding hydrogens is 478 g/mol. The second-order valence-electron chi connectivity index (χ2n) is 5.82. The number of nitrogens with one attached hydrogen (secondary N) is 1. The van der Waals surface area contributed by atoms with E-state index in [9.17, 15) is 24.3 Å². The van der Waals surface area contributed by atoms with E-state index in [1.165, 1.54) is 35.1 Å². The van der Waals surface area contributed by atoms with E-state index in [0.717, 1.165) is 16.2 Å². The van der Waals surface area contributed by atoms with Crippen molar-refractivity contribution in [3.8, 4) is 0 Å². The summed E-state index contributed by atoms with van der Waals surface area (Å²) < 4.78 is 4.58. The van der Waals surface area contributed by atoms with Crippen molar-refractivity contribution in [3.05, 3.63) is 17.5 Å². The Labute approximate surface area is 187 Å². The Kier molecular flexibility index (Phi) is 7.33. The molecule has 0 aliphatic carbocycles. The smallest absolute Gasteiger partial charge is 0.352 e. The average molecular weight is 492 g/mol. The zero-order valence-electron chi connectivity index (χ0n) is 15.2. The van der Waals surface area contributed by atoms with Gasteiger partial charge in [-0.3, -0.25) is 19.3 Å². The van der Waals surface area contributed by atoms with E-state index in [-0.39, 0.29) is 5.70 Å². The molecule has 1 saturated heterocycles. The topological polar surface area (TPSA) is 151 Å². The maximum Gasteiger partial charge on any atom is 0.352 e. The molecule has 0 saturated carbocycles. The molecule has 2 atom stereocenters. The van der Waals surface area contributed by atoms with E-state index >= 15 is 0 Å². The Hall–Kier alpha value is -2.16. The van der Waals surface area contributed by atoms with Crippen molar-refractivity contribution in [2.45, 2.75) is 15.6 Å². The van der Waals surface area contributed by atoms with Gasteiger partial charge in [0.15, 0.2) is 0 Å². The Morgan fingerprint density at radius 1 is 1.50 bits per heavy atom. The third-order valence-electron chi connectivity index (χ3n) is 4.05. The Morgan fingerprint density at radius 3 is 2.87 bits per heavy atom. The van der Waals surface area contributed by atoms with Crippen LogP contribution in [0.2, 0.25) is 0 Å². The SMILES string of the molecule is CON=C(C(=O)CCl)C(=O)NC1C(=O)N2C(C(=O)O)=C(CSc3cnns3)CS[C@@H]12. The Bertz CT molecular complexity index is 937. The van der Waals surface area contributed by atoms with Crippen LogP contribution in [0.25, 0.3) is 0 Å². The van der Waals surface area contributed by atoms with Crippen molar-refractivity contribution in [2.75, 3.05) is 24.5 Å². The molecule has 2 aliphatic heterocycles. The molecule has 0 radical (unpaired) electrons. The first-order chi connectivity index (χ1) is 14.4. The monoisotopic (exact) mass is 491 g/mol. The lowest BCUT2D eigenvalue weighted by Gasteiger charge is -2.49. The molecular formula is C15H14ClN5O6S3. The Balaban J connectivity index is 1.74. The van der Waals surface area contributed by atoms with Crippen LogP contribution in [0.4, 0.5) is 0 Å². The number of β-lactam (4-membered cyclic amide) rings is 1. The molecule has 3 heterocycles. The first-order valence-corrected chi connectivity index (χ1v) is 11.5. The zero-order chi connectivity index (χ0) is 21.8. The van der Waals surface area contributed by atoms with E-state index in [1.807, 2.05) is 0 Å². The molecule has 0 bridgehead atoms. The fraction of sp³-hybridized carbons (Fsp3) is 0.400. The summed E-state index contributed by atoms with van der Waals surface area (Å²) >= 11 is 9.35. The number of thioether (sulfide) groups is 2. The minimum Gasteiger partial charge on any atom is -0.477 e. The van der Waals surface area contributed by atoms with Gasteiger partial charge in [-0.1, -0.05) is 9.64 Å². The fourth-order valence-corrected chi connectivity index (χ4v) is 5.79. The van der Waals surface area contributed by atoms with Crippen LogP contribution in [0, 0.1) is 0 Å². The van der Waals surface area contributed by atoms with Gasteiger partial charge < -0.3 is 15.3 Å². The number of amides is 2. The highest BCUT2D eigenvalue weighted by Gasteiger charge is 2.54. The summed E-state index contributed by atoms with van der Waals surface area (Å²) in [4.78, 5) is 54.2. The van der Waals surface area contributed by atoms with E-state index in [2.05, 4.69) is 24.9 Å². The number of carbonyl (C=O) groups is 4. The van der Waals surface area contributed by atoms with E-state index < -0.39 is 46.6 Å². The minimum absolute atomic E-state index is 0.0955. The fourth-order valence-electron chi connectivity index (χ4n) is 2.76. The molecule has 3 rings (SSSR count). The van der Waals surface area contributed by atoms with Crippen LogP contribution in [0.3, 0.4) is 0 Å². The minimum atomic E-state index is -1.23. The average Bonchev–Trinajstić information content (AvgIpc) is 3.26. The molecule has 30 heavy (non-hydrogen) atoms. The van der Waals surface area contributed by atoms with Crippen molar-refractivity contribution in [1.29, 1.82) is 0 Å². The van der Waals surface area contributed by atoms with Crippen LogP contribution >= 0.6 is 46.7 Å². The van der Waals surface area contributed by atoms with Crippen molar-refractivity contribution in [3.63, 3.8) is 0 Å². The number of carboxylic acid groups (broad SMARTS) is 1. The predicted octanol–water partition coefficient (Wildman–Crippen LogP) is 0.179. The zero-order valence-corrected chi connectivity index (χ0v) is 18.4. The summed E-state index contributed by atoms with van der Waals surface area (Å²) in [5.74, 6) is -3.26. The number of fused-ring (bicyclic) bond motifs is 1. The standard InChI is InChI=1S/C15H14ClN5O6S3/c1-27-19-9(7(22)2-16)12(23)18-10-13(24)21-11(15(25)26)6(5-29-14(10)21)4-28-8-3-17-20-30-8/h3,10,14H,2,4-5H2,1H3,(H,18,23)(H,25,26)/t10?,14-/m0/s1. The first kappa shape index (κ1) is 22.5. The number of carboxylic acids is 1. The molecule has 11 nitrogen and oxygen atoms in total. The number of nitrogens with zero attached hydrogens (tertiary/aromatic N) is 4. The van der Waals surface area contributed by atoms with E-state index in [4.69, 9.17) is 11.6 Å². The molecule has 1 unspecified atom stereocenters. The highest BCUT2D eigenvalue weighted by atomic mass is 35.5. The molecule has 1 fully saturated rings. The maximum absolute atomic E-state index is 12.6. The van der Waals surface area contributed by atoms with Crippen LogP contribution in [0.15, 0.2) is 26.8 Å². The number of halogens is 1. The summed E-state index contributed by atoms with van der Waals surface area (Å²) in [6.45, 7) is 0. The van der Waals surface area contributed by atoms with Gasteiger partial charge in [-0.05, 0) is 17.1 Å². The molecule has 1 aromatic heterocycles. The van der Waals surface area contributed by atoms with Gasteiger partial charge in [0, 0.05) is 11.5 Å². The summed E-state index contributed by atoms with van der Waals surface area (Å²) in [5, 5.41) is 18.6. The van der Waals surface area contributed by atoms with Gasteiger partial charge in [0.25, 0.3) is 11.8 Å².